The minimum atomic E-state index is -3.58. The number of sulfonamides is 1. The molecule has 0 bridgehead atoms. The normalized spacial score (nSPS) is 13.8. The molecule has 0 aromatic rings. The molecule has 0 aromatic carbocycles. The van der Waals surface area contributed by atoms with E-state index in [9.17, 15) is 13.2 Å². The minimum absolute atomic E-state index is 0.310. The minimum Gasteiger partial charge on any atom is -0.395 e. The van der Waals surface area contributed by atoms with Gasteiger partial charge < -0.3 is 10.4 Å². The Morgan fingerprint density at radius 3 is 2.31 bits per heavy atom. The summed E-state index contributed by atoms with van der Waals surface area (Å²) >= 11 is 0. The summed E-state index contributed by atoms with van der Waals surface area (Å²) in [5.41, 5.74) is 0. The summed E-state index contributed by atoms with van der Waals surface area (Å²) in [4.78, 5) is 11.4. The predicted octanol–water partition coefficient (Wildman–Crippen LogP) is -0.941. The maximum atomic E-state index is 11.4. The van der Waals surface area contributed by atoms with Crippen LogP contribution in [0.25, 0.3) is 0 Å². The Labute approximate surface area is 96.5 Å². The van der Waals surface area contributed by atoms with Crippen molar-refractivity contribution in [1.29, 1.82) is 0 Å². The fourth-order valence-electron chi connectivity index (χ4n) is 0.960. The molecule has 7 heteroatoms. The monoisotopic (exact) mass is 252 g/mol. The van der Waals surface area contributed by atoms with Gasteiger partial charge in [0.15, 0.2) is 0 Å². The summed E-state index contributed by atoms with van der Waals surface area (Å²) in [6, 6.07) is -0.824. The van der Waals surface area contributed by atoms with E-state index in [1.165, 1.54) is 6.92 Å². The van der Waals surface area contributed by atoms with Crippen molar-refractivity contribution >= 4 is 15.9 Å². The lowest BCUT2D eigenvalue weighted by molar-refractivity contribution is -0.122. The smallest absolute Gasteiger partial charge is 0.237 e. The number of carbonyl (C=O) groups is 1. The van der Waals surface area contributed by atoms with E-state index in [1.807, 2.05) is 13.8 Å². The first-order valence-corrected chi connectivity index (χ1v) is 6.82. The largest absolute Gasteiger partial charge is 0.395 e. The summed E-state index contributed by atoms with van der Waals surface area (Å²) in [5.74, 6) is -0.449. The highest BCUT2D eigenvalue weighted by Crippen LogP contribution is 1.92. The zero-order valence-electron chi connectivity index (χ0n) is 9.86. The van der Waals surface area contributed by atoms with Crippen molar-refractivity contribution in [3.8, 4) is 0 Å². The van der Waals surface area contributed by atoms with Crippen molar-refractivity contribution < 1.29 is 18.3 Å². The van der Waals surface area contributed by atoms with Gasteiger partial charge in [0.1, 0.15) is 0 Å². The molecule has 0 aliphatic rings. The van der Waals surface area contributed by atoms with Crippen LogP contribution in [0.3, 0.4) is 0 Å². The second-order valence-electron chi connectivity index (χ2n) is 4.02. The molecule has 0 radical (unpaired) electrons. The lowest BCUT2D eigenvalue weighted by Crippen LogP contribution is -2.46. The van der Waals surface area contributed by atoms with Crippen LogP contribution in [0.5, 0.6) is 0 Å². The van der Waals surface area contributed by atoms with Gasteiger partial charge in [-0.3, -0.25) is 4.79 Å². The van der Waals surface area contributed by atoms with Crippen LogP contribution >= 0.6 is 0 Å². The number of aliphatic hydroxyl groups is 1. The molecule has 0 fully saturated rings. The number of carbonyl (C=O) groups excluding carboxylic acids is 1. The SMILES string of the molecule is CC(C)CNC(=O)C(C)NS(=O)(=O)CCO. The standard InChI is InChI=1S/C9H20N2O4S/c1-7(2)6-10-9(13)8(3)11-16(14,15)5-4-12/h7-8,11-12H,4-6H2,1-3H3,(H,10,13). The highest BCUT2D eigenvalue weighted by molar-refractivity contribution is 7.89. The Morgan fingerprint density at radius 2 is 1.88 bits per heavy atom. The van der Waals surface area contributed by atoms with Gasteiger partial charge in [0.25, 0.3) is 0 Å². The molecule has 1 atom stereocenters. The van der Waals surface area contributed by atoms with Crippen molar-refractivity contribution in [1.82, 2.24) is 10.0 Å². The van der Waals surface area contributed by atoms with Crippen LogP contribution in [0, 0.1) is 5.92 Å². The molecular formula is C9H20N2O4S. The molecule has 1 unspecified atom stereocenters. The number of aliphatic hydroxyl groups excluding tert-OH is 1. The molecule has 0 aliphatic carbocycles. The van der Waals surface area contributed by atoms with E-state index in [2.05, 4.69) is 10.0 Å². The molecule has 0 saturated carbocycles. The van der Waals surface area contributed by atoms with E-state index in [-0.39, 0.29) is 5.91 Å². The maximum Gasteiger partial charge on any atom is 0.237 e. The van der Waals surface area contributed by atoms with Gasteiger partial charge in [0.05, 0.1) is 18.4 Å². The van der Waals surface area contributed by atoms with Crippen molar-refractivity contribution in [3.05, 3.63) is 0 Å². The summed E-state index contributed by atoms with van der Waals surface area (Å²) in [7, 11) is -3.58. The van der Waals surface area contributed by atoms with Gasteiger partial charge in [-0.25, -0.2) is 13.1 Å². The van der Waals surface area contributed by atoms with Gasteiger partial charge in [-0.1, -0.05) is 13.8 Å². The first-order chi connectivity index (χ1) is 7.28. The maximum absolute atomic E-state index is 11.4. The van der Waals surface area contributed by atoms with Crippen LogP contribution in [-0.4, -0.2) is 44.4 Å². The summed E-state index contributed by atoms with van der Waals surface area (Å²) in [6.07, 6.45) is 0. The Hall–Kier alpha value is -0.660. The Balaban J connectivity index is 4.15. The van der Waals surface area contributed by atoms with E-state index in [0.717, 1.165) is 0 Å². The molecule has 0 aromatic heterocycles. The Kier molecular flexibility index (Phi) is 6.54. The number of amides is 1. The van der Waals surface area contributed by atoms with E-state index in [0.29, 0.717) is 12.5 Å². The topological polar surface area (TPSA) is 95.5 Å². The van der Waals surface area contributed by atoms with Gasteiger partial charge in [0, 0.05) is 6.54 Å². The molecule has 1 amide bonds. The van der Waals surface area contributed by atoms with Crippen LogP contribution in [0.1, 0.15) is 20.8 Å². The lowest BCUT2D eigenvalue weighted by Gasteiger charge is -2.14. The van der Waals surface area contributed by atoms with Gasteiger partial charge in [0.2, 0.25) is 15.9 Å². The molecule has 6 nitrogen and oxygen atoms in total. The van der Waals surface area contributed by atoms with Gasteiger partial charge >= 0.3 is 0 Å². The van der Waals surface area contributed by atoms with Crippen molar-refractivity contribution in [2.24, 2.45) is 5.92 Å². The zero-order valence-corrected chi connectivity index (χ0v) is 10.7. The van der Waals surface area contributed by atoms with Crippen molar-refractivity contribution in [3.63, 3.8) is 0 Å². The number of rotatable bonds is 7. The van der Waals surface area contributed by atoms with Crippen LogP contribution in [0.2, 0.25) is 0 Å². The number of hydrogen-bond donors (Lipinski definition) is 3. The number of hydrogen-bond acceptors (Lipinski definition) is 4. The molecule has 0 saturated heterocycles. The van der Waals surface area contributed by atoms with Crippen LogP contribution in [0.4, 0.5) is 0 Å². The first-order valence-electron chi connectivity index (χ1n) is 5.17. The summed E-state index contributed by atoms with van der Waals surface area (Å²) in [6.45, 7) is 5.40. The zero-order chi connectivity index (χ0) is 12.8. The lowest BCUT2D eigenvalue weighted by atomic mass is 10.2. The highest BCUT2D eigenvalue weighted by Gasteiger charge is 2.19. The van der Waals surface area contributed by atoms with Crippen molar-refractivity contribution in [2.45, 2.75) is 26.8 Å². The quantitative estimate of drug-likeness (QED) is 0.545. The third-order valence-corrected chi connectivity index (χ3v) is 3.23. The molecule has 0 heterocycles. The molecular weight excluding hydrogens is 232 g/mol. The van der Waals surface area contributed by atoms with Crippen molar-refractivity contribution in [2.75, 3.05) is 18.9 Å². The van der Waals surface area contributed by atoms with E-state index >= 15 is 0 Å². The second-order valence-corrected chi connectivity index (χ2v) is 5.89. The average molecular weight is 252 g/mol. The molecule has 16 heavy (non-hydrogen) atoms. The van der Waals surface area contributed by atoms with Crippen LogP contribution in [0.15, 0.2) is 0 Å². The third kappa shape index (κ3) is 6.76. The molecule has 0 aliphatic heterocycles. The van der Waals surface area contributed by atoms with Crippen LogP contribution < -0.4 is 10.0 Å². The molecule has 96 valence electrons. The first kappa shape index (κ1) is 15.3. The third-order valence-electron chi connectivity index (χ3n) is 1.79. The Bertz CT molecular complexity index is 313. The van der Waals surface area contributed by atoms with Gasteiger partial charge in [-0.05, 0) is 12.8 Å². The average Bonchev–Trinajstić information content (AvgIpc) is 2.12. The molecule has 3 N–H and O–H groups in total. The summed E-state index contributed by atoms with van der Waals surface area (Å²) in [5, 5.41) is 11.1. The fourth-order valence-corrected chi connectivity index (χ4v) is 1.96. The predicted molar refractivity (Wildman–Crippen MR) is 61.3 cm³/mol. The summed E-state index contributed by atoms with van der Waals surface area (Å²) < 4.78 is 24.6. The Morgan fingerprint density at radius 1 is 1.31 bits per heavy atom. The van der Waals surface area contributed by atoms with Crippen LogP contribution in [-0.2, 0) is 14.8 Å². The van der Waals surface area contributed by atoms with Gasteiger partial charge in [-0.2, -0.15) is 0 Å². The van der Waals surface area contributed by atoms with E-state index in [4.69, 9.17) is 5.11 Å². The molecule has 0 spiro atoms. The van der Waals surface area contributed by atoms with E-state index < -0.39 is 28.4 Å². The fraction of sp³-hybridized carbons (Fsp3) is 0.889. The van der Waals surface area contributed by atoms with Gasteiger partial charge in [-0.15, -0.1) is 0 Å². The van der Waals surface area contributed by atoms with E-state index in [1.54, 1.807) is 0 Å². The second kappa shape index (κ2) is 6.82. The number of nitrogens with one attached hydrogen (secondary N) is 2. The molecule has 0 rings (SSSR count). The highest BCUT2D eigenvalue weighted by atomic mass is 32.2.